The lowest BCUT2D eigenvalue weighted by molar-refractivity contribution is 0.162. The van der Waals surface area contributed by atoms with Crippen molar-refractivity contribution in [3.63, 3.8) is 0 Å². The van der Waals surface area contributed by atoms with Gasteiger partial charge in [-0.3, -0.25) is 0 Å². The van der Waals surface area contributed by atoms with Gasteiger partial charge in [-0.2, -0.15) is 0 Å². The molecule has 4 heteroatoms. The van der Waals surface area contributed by atoms with Crippen LogP contribution in [0, 0.1) is 23.2 Å². The van der Waals surface area contributed by atoms with E-state index in [1.165, 1.54) is 19.3 Å². The summed E-state index contributed by atoms with van der Waals surface area (Å²) in [7, 11) is -0.725. The highest BCUT2D eigenvalue weighted by Gasteiger charge is 2.57. The Balaban J connectivity index is 1.79. The summed E-state index contributed by atoms with van der Waals surface area (Å²) in [6.07, 6.45) is 4.87. The maximum absolute atomic E-state index is 11.6. The molecule has 0 aromatic rings. The van der Waals surface area contributed by atoms with Gasteiger partial charge < -0.3 is 5.32 Å². The molecular weight excluding hydrogens is 222 g/mol. The molecule has 0 bridgehead atoms. The quantitative estimate of drug-likeness (QED) is 0.806. The van der Waals surface area contributed by atoms with E-state index in [0.29, 0.717) is 22.8 Å². The molecular formula is C12H21NO2S. The van der Waals surface area contributed by atoms with Gasteiger partial charge in [-0.05, 0) is 55.9 Å². The first-order valence-corrected chi connectivity index (χ1v) is 8.22. The molecule has 1 heterocycles. The Morgan fingerprint density at radius 1 is 1.31 bits per heavy atom. The van der Waals surface area contributed by atoms with E-state index >= 15 is 0 Å². The van der Waals surface area contributed by atoms with Crippen LogP contribution in [0.1, 0.15) is 25.7 Å². The van der Waals surface area contributed by atoms with Gasteiger partial charge >= 0.3 is 0 Å². The Labute approximate surface area is 97.9 Å². The van der Waals surface area contributed by atoms with Crippen molar-refractivity contribution in [1.82, 2.24) is 5.32 Å². The standard InChI is InChI=1S/C12H21NO2S/c1-13-8-12(5-9-4-10(9)6-12)11-2-3-16(14,15)7-11/h9-11,13H,2-8H2,1H3. The van der Waals surface area contributed by atoms with Crippen molar-refractivity contribution in [2.24, 2.45) is 23.2 Å². The third-order valence-electron chi connectivity index (χ3n) is 5.03. The normalized spacial score (nSPS) is 49.2. The second-order valence-electron chi connectivity index (χ2n) is 6.16. The van der Waals surface area contributed by atoms with Crippen LogP contribution in [-0.2, 0) is 9.84 Å². The molecule has 0 aromatic heterocycles. The number of rotatable bonds is 3. The highest BCUT2D eigenvalue weighted by Crippen LogP contribution is 2.63. The highest BCUT2D eigenvalue weighted by atomic mass is 32.2. The number of sulfone groups is 1. The zero-order chi connectivity index (χ0) is 11.4. The molecule has 0 amide bonds. The number of fused-ring (bicyclic) bond motifs is 1. The van der Waals surface area contributed by atoms with Crippen LogP contribution in [0.2, 0.25) is 0 Å². The highest BCUT2D eigenvalue weighted by molar-refractivity contribution is 7.91. The van der Waals surface area contributed by atoms with Crippen LogP contribution in [-0.4, -0.2) is 33.5 Å². The van der Waals surface area contributed by atoms with Crippen LogP contribution < -0.4 is 5.32 Å². The largest absolute Gasteiger partial charge is 0.319 e. The predicted octanol–water partition coefficient (Wildman–Crippen LogP) is 1.06. The molecule has 3 atom stereocenters. The van der Waals surface area contributed by atoms with Crippen LogP contribution >= 0.6 is 0 Å². The van der Waals surface area contributed by atoms with Crippen molar-refractivity contribution in [2.75, 3.05) is 25.1 Å². The van der Waals surface area contributed by atoms with Crippen molar-refractivity contribution in [1.29, 1.82) is 0 Å². The minimum absolute atomic E-state index is 0.311. The molecule has 2 aliphatic carbocycles. The molecule has 2 saturated carbocycles. The molecule has 3 aliphatic rings. The van der Waals surface area contributed by atoms with E-state index in [2.05, 4.69) is 5.32 Å². The summed E-state index contributed by atoms with van der Waals surface area (Å²) in [6.45, 7) is 1.01. The summed E-state index contributed by atoms with van der Waals surface area (Å²) in [5.74, 6) is 3.16. The van der Waals surface area contributed by atoms with E-state index in [0.717, 1.165) is 24.8 Å². The van der Waals surface area contributed by atoms with Gasteiger partial charge in [0.15, 0.2) is 9.84 Å². The first-order valence-electron chi connectivity index (χ1n) is 6.40. The van der Waals surface area contributed by atoms with Crippen LogP contribution in [0.4, 0.5) is 0 Å². The smallest absolute Gasteiger partial charge is 0.150 e. The second kappa shape index (κ2) is 3.45. The van der Waals surface area contributed by atoms with Gasteiger partial charge in [0.1, 0.15) is 0 Å². The molecule has 92 valence electrons. The first-order chi connectivity index (χ1) is 7.55. The number of nitrogens with one attached hydrogen (secondary N) is 1. The summed E-state index contributed by atoms with van der Waals surface area (Å²) >= 11 is 0. The molecule has 3 nitrogen and oxygen atoms in total. The Bertz CT molecular complexity index is 380. The van der Waals surface area contributed by atoms with Gasteiger partial charge in [-0.1, -0.05) is 0 Å². The van der Waals surface area contributed by atoms with Crippen molar-refractivity contribution in [3.8, 4) is 0 Å². The summed E-state index contributed by atoms with van der Waals surface area (Å²) < 4.78 is 23.2. The Morgan fingerprint density at radius 2 is 2.00 bits per heavy atom. The zero-order valence-corrected chi connectivity index (χ0v) is 10.7. The number of hydrogen-bond donors (Lipinski definition) is 1. The second-order valence-corrected chi connectivity index (χ2v) is 8.39. The van der Waals surface area contributed by atoms with E-state index in [4.69, 9.17) is 0 Å². The molecule has 1 saturated heterocycles. The zero-order valence-electron chi connectivity index (χ0n) is 9.91. The Kier molecular flexibility index (Phi) is 2.38. The molecule has 3 unspecified atom stereocenters. The molecule has 1 N–H and O–H groups in total. The lowest BCUT2D eigenvalue weighted by Crippen LogP contribution is -2.39. The van der Waals surface area contributed by atoms with Gasteiger partial charge in [0.2, 0.25) is 0 Å². The first kappa shape index (κ1) is 11.0. The Morgan fingerprint density at radius 3 is 2.50 bits per heavy atom. The van der Waals surface area contributed by atoms with Crippen molar-refractivity contribution >= 4 is 9.84 Å². The molecule has 16 heavy (non-hydrogen) atoms. The average molecular weight is 243 g/mol. The summed E-state index contributed by atoms with van der Waals surface area (Å²) in [5.41, 5.74) is 0.311. The van der Waals surface area contributed by atoms with Gasteiger partial charge in [-0.25, -0.2) is 8.42 Å². The maximum atomic E-state index is 11.6. The lowest BCUT2D eigenvalue weighted by Gasteiger charge is -2.36. The topological polar surface area (TPSA) is 46.2 Å². The third-order valence-corrected chi connectivity index (χ3v) is 6.80. The van der Waals surface area contributed by atoms with Gasteiger partial charge in [0.25, 0.3) is 0 Å². The van der Waals surface area contributed by atoms with E-state index in [1.807, 2.05) is 7.05 Å². The summed E-state index contributed by atoms with van der Waals surface area (Å²) in [5, 5.41) is 3.30. The summed E-state index contributed by atoms with van der Waals surface area (Å²) in [6, 6.07) is 0. The Hall–Kier alpha value is -0.0900. The fourth-order valence-corrected chi connectivity index (χ4v) is 6.13. The van der Waals surface area contributed by atoms with Crippen LogP contribution in [0.15, 0.2) is 0 Å². The van der Waals surface area contributed by atoms with E-state index in [1.54, 1.807) is 0 Å². The van der Waals surface area contributed by atoms with Gasteiger partial charge in [-0.15, -0.1) is 0 Å². The minimum Gasteiger partial charge on any atom is -0.319 e. The van der Waals surface area contributed by atoms with E-state index in [9.17, 15) is 8.42 Å². The summed E-state index contributed by atoms with van der Waals surface area (Å²) in [4.78, 5) is 0. The average Bonchev–Trinajstić information content (AvgIpc) is 2.67. The molecule has 0 radical (unpaired) electrons. The van der Waals surface area contributed by atoms with Gasteiger partial charge in [0.05, 0.1) is 11.5 Å². The van der Waals surface area contributed by atoms with E-state index < -0.39 is 9.84 Å². The monoisotopic (exact) mass is 243 g/mol. The molecule has 3 fully saturated rings. The fraction of sp³-hybridized carbons (Fsp3) is 1.00. The van der Waals surface area contributed by atoms with Crippen molar-refractivity contribution in [3.05, 3.63) is 0 Å². The van der Waals surface area contributed by atoms with Crippen molar-refractivity contribution < 1.29 is 8.42 Å². The maximum Gasteiger partial charge on any atom is 0.150 e. The molecule has 0 aromatic carbocycles. The fourth-order valence-electron chi connectivity index (χ4n) is 4.19. The van der Waals surface area contributed by atoms with Crippen LogP contribution in [0.25, 0.3) is 0 Å². The van der Waals surface area contributed by atoms with Crippen molar-refractivity contribution in [2.45, 2.75) is 25.7 Å². The SMILES string of the molecule is CNCC1(C2CCS(=O)(=O)C2)CC2CC2C1. The molecule has 0 spiro atoms. The van der Waals surface area contributed by atoms with E-state index in [-0.39, 0.29) is 0 Å². The number of hydrogen-bond acceptors (Lipinski definition) is 3. The molecule has 3 rings (SSSR count). The lowest BCUT2D eigenvalue weighted by atomic mass is 9.71. The predicted molar refractivity (Wildman–Crippen MR) is 64.0 cm³/mol. The van der Waals surface area contributed by atoms with Gasteiger partial charge in [0, 0.05) is 6.54 Å². The molecule has 1 aliphatic heterocycles. The minimum atomic E-state index is -2.72. The third kappa shape index (κ3) is 1.70. The van der Waals surface area contributed by atoms with Crippen LogP contribution in [0.3, 0.4) is 0 Å². The van der Waals surface area contributed by atoms with Crippen LogP contribution in [0.5, 0.6) is 0 Å².